The van der Waals surface area contributed by atoms with E-state index >= 15 is 0 Å². The third-order valence-electron chi connectivity index (χ3n) is 11.8. The van der Waals surface area contributed by atoms with Crippen LogP contribution in [0.15, 0.2) is 140 Å². The molecule has 28 heteroatoms. The van der Waals surface area contributed by atoms with Gasteiger partial charge in [0, 0.05) is 23.1 Å². The number of hydrogen-bond acceptors (Lipinski definition) is 1. The number of nitrogens with zero attached hydrogens (tertiary/aromatic N) is 1. The molecule has 0 bridgehead atoms. The lowest BCUT2D eigenvalue weighted by molar-refractivity contribution is -0.664. The summed E-state index contributed by atoms with van der Waals surface area (Å²) >= 11 is 0. The van der Waals surface area contributed by atoms with E-state index in [1.54, 1.807) is 6.07 Å². The number of carbonyl (C=O) groups is 1. The van der Waals surface area contributed by atoms with E-state index in [4.69, 9.17) is 5.73 Å². The average Bonchev–Trinajstić information content (AvgIpc) is 3.30. The Labute approximate surface area is 416 Å². The third-order valence-corrected chi connectivity index (χ3v) is 11.8. The molecule has 0 atom stereocenters. The summed E-state index contributed by atoms with van der Waals surface area (Å²) < 4.78 is 343. The van der Waals surface area contributed by atoms with Crippen LogP contribution >= 0.6 is 0 Å². The molecule has 77 heavy (non-hydrogen) atoms. The number of para-hydroxylation sites is 1. The highest BCUT2D eigenvalue weighted by molar-refractivity contribution is 7.20. The van der Waals surface area contributed by atoms with Crippen LogP contribution in [-0.2, 0) is 56.0 Å². The summed E-state index contributed by atoms with van der Waals surface area (Å²) in [5.41, 5.74) is -22.0. The smallest absolute Gasteiger partial charge is 0.360 e. The van der Waals surface area contributed by atoms with Crippen LogP contribution in [0.25, 0.3) is 10.9 Å². The van der Waals surface area contributed by atoms with E-state index in [-0.39, 0.29) is 0 Å². The van der Waals surface area contributed by atoms with E-state index in [0.717, 1.165) is 16.5 Å². The number of aromatic nitrogens is 1. The van der Waals surface area contributed by atoms with Crippen molar-refractivity contribution in [1.82, 2.24) is 0 Å². The molecule has 3 nitrogen and oxygen atoms in total. The summed E-state index contributed by atoms with van der Waals surface area (Å²) in [7, 11) is 0. The maximum Gasteiger partial charge on any atom is 0.416 e. The fourth-order valence-electron chi connectivity index (χ4n) is 8.48. The molecule has 0 unspecified atom stereocenters. The van der Waals surface area contributed by atoms with Crippen molar-refractivity contribution in [2.24, 2.45) is 5.73 Å². The number of carbonyl (C=O) groups excluding carboxylic acids is 1. The van der Waals surface area contributed by atoms with Crippen LogP contribution in [0.4, 0.5) is 105 Å². The Hall–Kier alpha value is -7.42. The molecule has 0 radical (unpaired) electrons. The summed E-state index contributed by atoms with van der Waals surface area (Å²) in [6.07, 6.45) is -54.8. The van der Waals surface area contributed by atoms with Crippen molar-refractivity contribution in [3.8, 4) is 0 Å². The van der Waals surface area contributed by atoms with Gasteiger partial charge in [-0.1, -0.05) is 91.0 Å². The minimum atomic E-state index is -6.13. The van der Waals surface area contributed by atoms with E-state index in [0.29, 0.717) is 12.2 Å². The predicted octanol–water partition coefficient (Wildman–Crippen LogP) is 13.5. The Balaban J connectivity index is 0.000000397. The predicted molar refractivity (Wildman–Crippen MR) is 228 cm³/mol. The first kappa shape index (κ1) is 58.8. The SMILES string of the molecule is FC(F)(F)c1cc([B-](c2cc(C(F)(F)F)cc(C(F)(F)F)c2)(c2cc(C(F)(F)F)cc(C(F)(F)F)c2)c2cc(C(F)(F)F)cc(C(F)(F)F)c2)cc(C(F)(F)F)c1.NC(=O)c1ccc2ccccc2[n+]1Cc1ccccc1. The molecule has 2 N–H and O–H groups in total. The van der Waals surface area contributed by atoms with Gasteiger partial charge in [0.1, 0.15) is 6.15 Å². The van der Waals surface area contributed by atoms with Crippen molar-refractivity contribution < 1.29 is 115 Å². The average molecular weight is 1130 g/mol. The van der Waals surface area contributed by atoms with Gasteiger partial charge in [0.25, 0.3) is 5.69 Å². The zero-order valence-corrected chi connectivity index (χ0v) is 37.6. The molecule has 7 rings (SSSR count). The first-order chi connectivity index (χ1) is 35.0. The molecule has 6 aromatic carbocycles. The molecule has 1 heterocycles. The summed E-state index contributed by atoms with van der Waals surface area (Å²) in [4.78, 5) is 11.7. The van der Waals surface area contributed by atoms with E-state index in [1.165, 1.54) is 0 Å². The summed E-state index contributed by atoms with van der Waals surface area (Å²) in [6, 6.07) is 12.9. The number of benzene rings is 6. The fourth-order valence-corrected chi connectivity index (χ4v) is 8.48. The zero-order chi connectivity index (χ0) is 57.9. The Morgan fingerprint density at radius 1 is 0.351 bits per heavy atom. The van der Waals surface area contributed by atoms with Crippen LogP contribution in [0.1, 0.15) is 60.6 Å². The van der Waals surface area contributed by atoms with Gasteiger partial charge in [0.05, 0.1) is 44.5 Å². The summed E-state index contributed by atoms with van der Waals surface area (Å²) in [6.45, 7) is 0.625. The normalized spacial score (nSPS) is 13.4. The number of primary amides is 1. The molecule has 0 spiro atoms. The van der Waals surface area contributed by atoms with E-state index in [9.17, 15) is 110 Å². The number of nitrogens with two attached hydrogens (primary N) is 1. The van der Waals surface area contributed by atoms with Crippen molar-refractivity contribution in [2.45, 2.75) is 56.0 Å². The molecule has 0 saturated carbocycles. The van der Waals surface area contributed by atoms with Gasteiger partial charge in [-0.3, -0.25) is 4.79 Å². The van der Waals surface area contributed by atoms with Gasteiger partial charge < -0.3 is 5.73 Å². The van der Waals surface area contributed by atoms with Gasteiger partial charge in [0.15, 0.2) is 6.54 Å². The Kier molecular flexibility index (Phi) is 15.4. The second-order valence-electron chi connectivity index (χ2n) is 16.9. The standard InChI is InChI=1S/C32H12BF24.C17H14N2O/c34-25(35,36)13-1-14(26(37,38)39)6-21(5-13)33(22-7-15(27(40,41)42)2-16(8-22)28(43,44)45,23-9-17(29(46,47)48)3-18(10-23)30(49,50)51)24-11-19(31(52,53)54)4-20(12-24)32(55,56)57;18-17(20)16-11-10-14-8-4-5-9-15(14)19(16)12-13-6-2-1-3-7-13/h1-12H;1-11H,12H2,(H-,18,20)/q-1;/p+1. The minimum Gasteiger partial charge on any atom is -0.360 e. The molecule has 0 fully saturated rings. The molecule has 0 aliphatic rings. The Bertz CT molecular complexity index is 2870. The van der Waals surface area contributed by atoms with Crippen molar-refractivity contribution in [2.75, 3.05) is 0 Å². The number of halogens is 24. The third kappa shape index (κ3) is 13.1. The molecular weight excluding hydrogens is 1100 g/mol. The topological polar surface area (TPSA) is 47.0 Å². The van der Waals surface area contributed by atoms with E-state index in [1.807, 2.05) is 65.2 Å². The molecule has 7 aromatic rings. The maximum absolute atomic E-state index is 14.2. The lowest BCUT2D eigenvalue weighted by Crippen LogP contribution is -2.75. The molecule has 1 aromatic heterocycles. The highest BCUT2D eigenvalue weighted by Crippen LogP contribution is 2.41. The molecule has 0 saturated heterocycles. The van der Waals surface area contributed by atoms with E-state index < -0.39 is 201 Å². The van der Waals surface area contributed by atoms with Crippen LogP contribution in [0, 0.1) is 0 Å². The molecule has 1 amide bonds. The van der Waals surface area contributed by atoms with Gasteiger partial charge in [-0.25, -0.2) is 0 Å². The van der Waals surface area contributed by atoms with Crippen LogP contribution in [-0.4, -0.2) is 12.1 Å². The van der Waals surface area contributed by atoms with Gasteiger partial charge >= 0.3 is 55.3 Å². The monoisotopic (exact) mass is 1130 g/mol. The second-order valence-corrected chi connectivity index (χ2v) is 16.9. The largest absolute Gasteiger partial charge is 0.416 e. The van der Waals surface area contributed by atoms with Crippen LogP contribution < -0.4 is 32.2 Å². The number of amides is 1. The maximum atomic E-state index is 14.2. The van der Waals surface area contributed by atoms with E-state index in [2.05, 4.69) is 0 Å². The van der Waals surface area contributed by atoms with Crippen LogP contribution in [0.2, 0.25) is 0 Å². The highest BCUT2D eigenvalue weighted by atomic mass is 19.4. The number of pyridine rings is 1. The lowest BCUT2D eigenvalue weighted by Gasteiger charge is -2.46. The molecular formula is C49H27BF24N2O. The highest BCUT2D eigenvalue weighted by Gasteiger charge is 2.47. The first-order valence-corrected chi connectivity index (χ1v) is 21.1. The molecule has 0 aliphatic carbocycles. The molecule has 410 valence electrons. The zero-order valence-electron chi connectivity index (χ0n) is 37.6. The fraction of sp³-hybridized carbons (Fsp3) is 0.184. The van der Waals surface area contributed by atoms with Crippen molar-refractivity contribution in [1.29, 1.82) is 0 Å². The van der Waals surface area contributed by atoms with Gasteiger partial charge in [-0.15, -0.1) is 0 Å². The summed E-state index contributed by atoms with van der Waals surface area (Å²) in [5, 5.41) is 1.09. The number of alkyl halides is 24. The Morgan fingerprint density at radius 3 is 0.870 bits per heavy atom. The van der Waals surface area contributed by atoms with Crippen molar-refractivity contribution >= 4 is 44.8 Å². The van der Waals surface area contributed by atoms with Crippen molar-refractivity contribution in [3.05, 3.63) is 195 Å². The van der Waals surface area contributed by atoms with Gasteiger partial charge in [-0.05, 0) is 36.4 Å². The minimum absolute atomic E-state index is 0.410. The summed E-state index contributed by atoms with van der Waals surface area (Å²) in [5.74, 6) is -0.410. The van der Waals surface area contributed by atoms with Gasteiger partial charge in [0.2, 0.25) is 5.52 Å². The Morgan fingerprint density at radius 2 is 0.610 bits per heavy atom. The first-order valence-electron chi connectivity index (χ1n) is 21.1. The second kappa shape index (κ2) is 20.2. The van der Waals surface area contributed by atoms with Gasteiger partial charge in [-0.2, -0.15) is 132 Å². The van der Waals surface area contributed by atoms with Crippen molar-refractivity contribution in [3.63, 3.8) is 0 Å². The van der Waals surface area contributed by atoms with Crippen LogP contribution in [0.3, 0.4) is 0 Å². The lowest BCUT2D eigenvalue weighted by atomic mass is 9.12. The quantitative estimate of drug-likeness (QED) is 0.0965. The number of fused-ring (bicyclic) bond motifs is 1. The van der Waals surface area contributed by atoms with Crippen LogP contribution in [0.5, 0.6) is 0 Å². The molecule has 0 aliphatic heterocycles. The number of rotatable bonds is 7. The number of hydrogen-bond donors (Lipinski definition) is 1.